The zero-order chi connectivity index (χ0) is 25.0. The van der Waals surface area contributed by atoms with Crippen molar-refractivity contribution in [2.75, 3.05) is 31.0 Å². The van der Waals surface area contributed by atoms with Crippen molar-refractivity contribution in [3.8, 4) is 0 Å². The van der Waals surface area contributed by atoms with Crippen molar-refractivity contribution in [3.05, 3.63) is 70.3 Å². The third-order valence-corrected chi connectivity index (χ3v) is 8.65. The van der Waals surface area contributed by atoms with Crippen molar-refractivity contribution in [2.24, 2.45) is 0 Å². The van der Waals surface area contributed by atoms with Crippen LogP contribution in [0.25, 0.3) is 0 Å². The molecule has 1 fully saturated rings. The van der Waals surface area contributed by atoms with E-state index in [-0.39, 0.29) is 20.6 Å². The molecule has 3 aromatic rings. The number of anilines is 1. The van der Waals surface area contributed by atoms with Gasteiger partial charge in [-0.25, -0.2) is 13.5 Å². The van der Waals surface area contributed by atoms with Crippen LogP contribution in [0.15, 0.2) is 74.2 Å². The average Bonchev–Trinajstić information content (AvgIpc) is 2.81. The Bertz CT molecular complexity index is 1210. The fraction of sp³-hybridized carbons (Fsp3) is 0.227. The quantitative estimate of drug-likeness (QED) is 0.303. The first-order valence-corrected chi connectivity index (χ1v) is 13.7. The number of ether oxygens (including phenoxy) is 1. The highest BCUT2D eigenvalue weighted by Crippen LogP contribution is 2.40. The van der Waals surface area contributed by atoms with Crippen molar-refractivity contribution in [2.45, 2.75) is 25.8 Å². The summed E-state index contributed by atoms with van der Waals surface area (Å²) < 4.78 is 64.0. The maximum Gasteiger partial charge on any atom is 0.434 e. The number of aromatic nitrogens is 1. The molecule has 0 amide bonds. The summed E-state index contributed by atoms with van der Waals surface area (Å²) >= 11 is 14.4. The molecule has 1 saturated heterocycles. The summed E-state index contributed by atoms with van der Waals surface area (Å²) in [6, 6.07) is 14.3. The summed E-state index contributed by atoms with van der Waals surface area (Å²) in [5.41, 5.74) is -1.07. The lowest BCUT2D eigenvalue weighted by Gasteiger charge is -2.25. The van der Waals surface area contributed by atoms with E-state index >= 15 is 0 Å². The van der Waals surface area contributed by atoms with Gasteiger partial charge in [0, 0.05) is 32.8 Å². The monoisotopic (exact) mass is 579 g/mol. The molecular formula is C22H18Cl2F3N3O2S3. The van der Waals surface area contributed by atoms with Gasteiger partial charge in [0.2, 0.25) is 0 Å². The van der Waals surface area contributed by atoms with Crippen molar-refractivity contribution < 1.29 is 22.1 Å². The van der Waals surface area contributed by atoms with E-state index in [1.807, 2.05) is 12.1 Å². The molecule has 1 aliphatic rings. The van der Waals surface area contributed by atoms with E-state index in [0.29, 0.717) is 23.1 Å². The molecular weight excluding hydrogens is 562 g/mol. The van der Waals surface area contributed by atoms with Crippen molar-refractivity contribution in [1.82, 2.24) is 9.29 Å². The number of alkyl halides is 3. The average molecular weight is 581 g/mol. The SMILES string of the molecule is O=S(Nc1ccc(Sc2ccc(SN3CCOCC3)cc2)c(C(F)(F)F)n1)c1ccc(Cl)cc1Cl. The number of nitrogens with one attached hydrogen (secondary N) is 1. The number of halogens is 5. The Morgan fingerprint density at radius 3 is 2.34 bits per heavy atom. The van der Waals surface area contributed by atoms with Crippen LogP contribution in [-0.4, -0.2) is 39.8 Å². The third-order valence-electron chi connectivity index (χ3n) is 4.67. The molecule has 2 heterocycles. The molecule has 0 spiro atoms. The van der Waals surface area contributed by atoms with E-state index in [4.69, 9.17) is 27.9 Å². The highest BCUT2D eigenvalue weighted by Gasteiger charge is 2.36. The lowest BCUT2D eigenvalue weighted by atomic mass is 10.3. The van der Waals surface area contributed by atoms with Crippen LogP contribution in [-0.2, 0) is 21.9 Å². The Morgan fingerprint density at radius 1 is 1.00 bits per heavy atom. The number of pyridine rings is 1. The van der Waals surface area contributed by atoms with Crippen LogP contribution >= 0.6 is 46.9 Å². The van der Waals surface area contributed by atoms with Gasteiger partial charge in [0.05, 0.1) is 23.1 Å². The minimum absolute atomic E-state index is 0.0630. The standard InChI is InChI=1S/C22H18Cl2F3N3O2S3/c23-14-1-7-19(17(24)13-14)35(31)29-20-8-6-18(21(28-20)22(25,26)27)33-15-2-4-16(5-3-15)34-30-9-11-32-12-10-30/h1-8,13H,9-12H2,(H,28,29). The molecule has 35 heavy (non-hydrogen) atoms. The minimum Gasteiger partial charge on any atom is -0.379 e. The molecule has 4 rings (SSSR count). The van der Waals surface area contributed by atoms with Gasteiger partial charge >= 0.3 is 6.18 Å². The third kappa shape index (κ3) is 7.28. The fourth-order valence-corrected chi connectivity index (χ4v) is 6.31. The van der Waals surface area contributed by atoms with Crippen LogP contribution in [0.2, 0.25) is 10.0 Å². The van der Waals surface area contributed by atoms with Gasteiger partial charge in [-0.15, -0.1) is 0 Å². The largest absolute Gasteiger partial charge is 0.434 e. The van der Waals surface area contributed by atoms with E-state index in [1.54, 1.807) is 24.1 Å². The van der Waals surface area contributed by atoms with Gasteiger partial charge in [-0.2, -0.15) is 13.2 Å². The Morgan fingerprint density at radius 2 is 1.69 bits per heavy atom. The highest BCUT2D eigenvalue weighted by atomic mass is 35.5. The second-order valence-electron chi connectivity index (χ2n) is 7.19. The van der Waals surface area contributed by atoms with Crippen LogP contribution in [0, 0.1) is 0 Å². The Hall–Kier alpha value is -1.47. The number of hydrogen-bond acceptors (Lipinski definition) is 6. The van der Waals surface area contributed by atoms with E-state index in [1.165, 1.54) is 30.3 Å². The molecule has 1 aromatic heterocycles. The summed E-state index contributed by atoms with van der Waals surface area (Å²) in [4.78, 5) is 5.46. The number of nitrogens with zero attached hydrogens (tertiary/aromatic N) is 2. The summed E-state index contributed by atoms with van der Waals surface area (Å²) in [6.45, 7) is 2.99. The number of rotatable bonds is 7. The Labute approximate surface area is 221 Å². The van der Waals surface area contributed by atoms with Gasteiger partial charge in [-0.1, -0.05) is 35.0 Å². The van der Waals surface area contributed by atoms with Crippen molar-refractivity contribution >= 4 is 63.7 Å². The molecule has 1 unspecified atom stereocenters. The van der Waals surface area contributed by atoms with E-state index in [9.17, 15) is 17.4 Å². The van der Waals surface area contributed by atoms with E-state index < -0.39 is 22.9 Å². The lowest BCUT2D eigenvalue weighted by Crippen LogP contribution is -2.30. The zero-order valence-electron chi connectivity index (χ0n) is 17.9. The molecule has 0 saturated carbocycles. The zero-order valence-corrected chi connectivity index (χ0v) is 21.8. The summed E-state index contributed by atoms with van der Waals surface area (Å²) in [5.74, 6) is -0.191. The Balaban J connectivity index is 1.49. The second kappa shape index (κ2) is 11.7. The predicted octanol–water partition coefficient (Wildman–Crippen LogP) is 7.03. The lowest BCUT2D eigenvalue weighted by molar-refractivity contribution is -0.143. The highest BCUT2D eigenvalue weighted by molar-refractivity contribution is 7.99. The molecule has 13 heteroatoms. The smallest absolute Gasteiger partial charge is 0.379 e. The van der Waals surface area contributed by atoms with Crippen LogP contribution in [0.5, 0.6) is 0 Å². The first kappa shape index (κ1) is 26.6. The van der Waals surface area contributed by atoms with Crippen LogP contribution in [0.4, 0.5) is 19.0 Å². The van der Waals surface area contributed by atoms with Crippen LogP contribution < -0.4 is 4.72 Å². The molecule has 1 N–H and O–H groups in total. The maximum absolute atomic E-state index is 13.8. The summed E-state index contributed by atoms with van der Waals surface area (Å²) in [7, 11) is -1.93. The first-order chi connectivity index (χ1) is 16.7. The van der Waals surface area contributed by atoms with Gasteiger partial charge < -0.3 is 4.74 Å². The van der Waals surface area contributed by atoms with Gasteiger partial charge in [-0.3, -0.25) is 4.72 Å². The summed E-state index contributed by atoms with van der Waals surface area (Å²) in [5, 5.41) is 0.476. The summed E-state index contributed by atoms with van der Waals surface area (Å²) in [6.07, 6.45) is -4.70. The predicted molar refractivity (Wildman–Crippen MR) is 135 cm³/mol. The Kier molecular flexibility index (Phi) is 8.90. The van der Waals surface area contributed by atoms with Gasteiger partial charge in [0.15, 0.2) is 16.7 Å². The molecule has 5 nitrogen and oxygen atoms in total. The van der Waals surface area contributed by atoms with Crippen LogP contribution in [0.3, 0.4) is 0 Å². The minimum atomic E-state index is -4.70. The number of benzene rings is 2. The van der Waals surface area contributed by atoms with E-state index in [0.717, 1.165) is 29.7 Å². The van der Waals surface area contributed by atoms with Gasteiger partial charge in [0.1, 0.15) is 5.82 Å². The van der Waals surface area contributed by atoms with Crippen LogP contribution in [0.1, 0.15) is 5.69 Å². The van der Waals surface area contributed by atoms with Crippen molar-refractivity contribution in [3.63, 3.8) is 0 Å². The van der Waals surface area contributed by atoms with Crippen molar-refractivity contribution in [1.29, 1.82) is 0 Å². The number of morpholine rings is 1. The normalized spacial score (nSPS) is 15.7. The van der Waals surface area contributed by atoms with Gasteiger partial charge in [-0.05, 0) is 66.5 Å². The maximum atomic E-state index is 13.8. The molecule has 1 aliphatic heterocycles. The molecule has 186 valence electrons. The first-order valence-electron chi connectivity index (χ1n) is 10.2. The van der Waals surface area contributed by atoms with Gasteiger partial charge in [0.25, 0.3) is 0 Å². The number of hydrogen-bond donors (Lipinski definition) is 1. The second-order valence-corrected chi connectivity index (χ2v) is 11.5. The molecule has 0 radical (unpaired) electrons. The molecule has 2 aromatic carbocycles. The topological polar surface area (TPSA) is 54.5 Å². The molecule has 0 bridgehead atoms. The van der Waals surface area contributed by atoms with E-state index in [2.05, 4.69) is 14.0 Å². The fourth-order valence-electron chi connectivity index (χ4n) is 3.05. The molecule has 0 aliphatic carbocycles. The molecule has 1 atom stereocenters.